The minimum atomic E-state index is -0.610. The molecule has 0 aliphatic heterocycles. The van der Waals surface area contributed by atoms with E-state index >= 15 is 0 Å². The van der Waals surface area contributed by atoms with Gasteiger partial charge in [0.1, 0.15) is 19.3 Å². The van der Waals surface area contributed by atoms with Gasteiger partial charge in [-0.15, -0.1) is 0 Å². The molecule has 0 rings (SSSR count). The van der Waals surface area contributed by atoms with Crippen LogP contribution in [0.2, 0.25) is 0 Å². The van der Waals surface area contributed by atoms with Gasteiger partial charge in [0.2, 0.25) is 0 Å². The van der Waals surface area contributed by atoms with E-state index in [1.165, 1.54) is 0 Å². The smallest absolute Gasteiger partial charge is 0.311 e. The van der Waals surface area contributed by atoms with Gasteiger partial charge >= 0.3 is 11.9 Å². The van der Waals surface area contributed by atoms with Crippen LogP contribution in [-0.2, 0) is 19.1 Å². The molecule has 0 heterocycles. The summed E-state index contributed by atoms with van der Waals surface area (Å²) in [5, 5.41) is 18.3. The molecule has 0 aromatic rings. The molecular formula is C23H48Cl2N2O6-2. The highest BCUT2D eigenvalue weighted by molar-refractivity contribution is 5.76. The van der Waals surface area contributed by atoms with Gasteiger partial charge in [-0.3, -0.25) is 9.59 Å². The minimum absolute atomic E-state index is 0. The molecule has 0 bridgehead atoms. The number of hydrogen-bond acceptors (Lipinski definition) is 8. The lowest BCUT2D eigenvalue weighted by Gasteiger charge is -2.23. The third-order valence-corrected chi connectivity index (χ3v) is 5.53. The fourth-order valence-electron chi connectivity index (χ4n) is 1.97. The van der Waals surface area contributed by atoms with Crippen molar-refractivity contribution in [3.05, 3.63) is 0 Å². The van der Waals surface area contributed by atoms with Crippen LogP contribution in [-0.4, -0.2) is 98.2 Å². The van der Waals surface area contributed by atoms with Gasteiger partial charge in [0.25, 0.3) is 0 Å². The molecule has 0 amide bonds. The maximum absolute atomic E-state index is 11.6. The Balaban J connectivity index is -0.000000241. The molecule has 33 heavy (non-hydrogen) atoms. The quantitative estimate of drug-likeness (QED) is 0.226. The topological polar surface area (TPSA) is 99.5 Å². The summed E-state index contributed by atoms with van der Waals surface area (Å²) in [6.45, 7) is 16.6. The van der Waals surface area contributed by atoms with Gasteiger partial charge in [-0.25, -0.2) is 0 Å². The first-order valence-electron chi connectivity index (χ1n) is 11.3. The largest absolute Gasteiger partial charge is 1.00 e. The molecular weight excluding hydrogens is 471 g/mol. The molecule has 1 unspecified atom stereocenters. The summed E-state index contributed by atoms with van der Waals surface area (Å²) in [5.74, 6) is -0.393. The predicted octanol–water partition coefficient (Wildman–Crippen LogP) is -3.82. The number of esters is 2. The zero-order chi connectivity index (χ0) is 24.7. The first kappa shape index (κ1) is 39.6. The Morgan fingerprint density at radius 3 is 1.70 bits per heavy atom. The minimum Gasteiger partial charge on any atom is -1.00 e. The van der Waals surface area contributed by atoms with Gasteiger partial charge in [-0.05, 0) is 61.2 Å². The fourth-order valence-corrected chi connectivity index (χ4v) is 1.97. The number of aliphatic hydroxyl groups is 2. The molecule has 0 saturated carbocycles. The lowest BCUT2D eigenvalue weighted by molar-refractivity contribution is -0.157. The highest BCUT2D eigenvalue weighted by Gasteiger charge is 2.28. The summed E-state index contributed by atoms with van der Waals surface area (Å²) >= 11 is 0. The first-order valence-corrected chi connectivity index (χ1v) is 11.3. The summed E-state index contributed by atoms with van der Waals surface area (Å²) in [6.07, 6.45) is 0.899. The zero-order valence-electron chi connectivity index (χ0n) is 22.1. The second kappa shape index (κ2) is 20.7. The van der Waals surface area contributed by atoms with Crippen molar-refractivity contribution in [3.8, 4) is 0 Å². The molecule has 202 valence electrons. The second-order valence-corrected chi connectivity index (χ2v) is 9.24. The molecule has 0 radical (unpaired) electrons. The van der Waals surface area contributed by atoms with Crippen LogP contribution in [0.4, 0.5) is 0 Å². The molecule has 0 aliphatic rings. The lowest BCUT2D eigenvalue weighted by Crippen LogP contribution is -3.00. The Hall–Kier alpha value is -0.640. The van der Waals surface area contributed by atoms with Gasteiger partial charge in [-0.1, -0.05) is 20.8 Å². The van der Waals surface area contributed by atoms with E-state index in [4.69, 9.17) is 14.6 Å². The van der Waals surface area contributed by atoms with E-state index in [0.29, 0.717) is 26.2 Å². The van der Waals surface area contributed by atoms with Crippen LogP contribution in [0, 0.1) is 10.8 Å². The lowest BCUT2D eigenvalue weighted by atomic mass is 9.91. The van der Waals surface area contributed by atoms with E-state index < -0.39 is 16.9 Å². The van der Waals surface area contributed by atoms with Gasteiger partial charge in [0.15, 0.2) is 0 Å². The van der Waals surface area contributed by atoms with Gasteiger partial charge in [0.05, 0.1) is 17.4 Å². The average Bonchev–Trinajstić information content (AvgIpc) is 2.72. The summed E-state index contributed by atoms with van der Waals surface area (Å²) in [7, 11) is 3.80. The third-order valence-electron chi connectivity index (χ3n) is 5.53. The van der Waals surface area contributed by atoms with Crippen molar-refractivity contribution in [1.29, 1.82) is 0 Å². The number of hydrogen-bond donors (Lipinski definition) is 2. The molecule has 2 N–H and O–H groups in total. The van der Waals surface area contributed by atoms with E-state index in [1.54, 1.807) is 0 Å². The van der Waals surface area contributed by atoms with Crippen molar-refractivity contribution in [1.82, 2.24) is 9.80 Å². The van der Waals surface area contributed by atoms with E-state index in [2.05, 4.69) is 0 Å². The van der Waals surface area contributed by atoms with Gasteiger partial charge in [0, 0.05) is 19.6 Å². The third kappa shape index (κ3) is 19.4. The molecule has 10 heteroatoms. The summed E-state index contributed by atoms with van der Waals surface area (Å²) in [5.41, 5.74) is -0.855. The summed E-state index contributed by atoms with van der Waals surface area (Å²) < 4.78 is 10.2. The van der Waals surface area contributed by atoms with E-state index in [1.807, 2.05) is 72.4 Å². The number of carbonyl (C=O) groups is 2. The summed E-state index contributed by atoms with van der Waals surface area (Å²) in [6, 6.07) is 0. The van der Waals surface area contributed by atoms with Crippen LogP contribution in [0.1, 0.15) is 61.3 Å². The molecule has 0 spiro atoms. The average molecular weight is 520 g/mol. The van der Waals surface area contributed by atoms with Crippen LogP contribution in [0.5, 0.6) is 0 Å². The zero-order valence-corrected chi connectivity index (χ0v) is 23.6. The van der Waals surface area contributed by atoms with Crippen molar-refractivity contribution in [2.24, 2.45) is 10.8 Å². The number of rotatable bonds is 14. The Labute approximate surface area is 214 Å². The SMILES string of the molecule is CCC(C)(C)C(=O)OCCN(C)CCO.CCN(C)CC(O)COC(=O)C(C)(C)CC.[Cl-].[Cl-]. The fraction of sp³-hybridized carbons (Fsp3) is 0.913. The van der Waals surface area contributed by atoms with Crippen LogP contribution < -0.4 is 24.8 Å². The summed E-state index contributed by atoms with van der Waals surface area (Å²) in [4.78, 5) is 27.1. The van der Waals surface area contributed by atoms with Gasteiger partial charge in [-0.2, -0.15) is 0 Å². The van der Waals surface area contributed by atoms with Gasteiger partial charge < -0.3 is 54.3 Å². The highest BCUT2D eigenvalue weighted by atomic mass is 35.5. The number of nitrogens with zero attached hydrogens (tertiary/aromatic N) is 2. The normalized spacial score (nSPS) is 12.2. The first-order chi connectivity index (χ1) is 14.3. The monoisotopic (exact) mass is 518 g/mol. The molecule has 0 aliphatic carbocycles. The van der Waals surface area contributed by atoms with Crippen LogP contribution in [0.25, 0.3) is 0 Å². The number of aliphatic hydroxyl groups excluding tert-OH is 2. The van der Waals surface area contributed by atoms with E-state index in [0.717, 1.165) is 19.4 Å². The van der Waals surface area contributed by atoms with Crippen LogP contribution >= 0.6 is 0 Å². The Morgan fingerprint density at radius 2 is 1.30 bits per heavy atom. The van der Waals surface area contributed by atoms with Crippen molar-refractivity contribution in [3.63, 3.8) is 0 Å². The molecule has 0 aromatic carbocycles. The second-order valence-electron chi connectivity index (χ2n) is 9.24. The maximum Gasteiger partial charge on any atom is 0.311 e. The van der Waals surface area contributed by atoms with Crippen LogP contribution in [0.3, 0.4) is 0 Å². The Bertz CT molecular complexity index is 507. The highest BCUT2D eigenvalue weighted by Crippen LogP contribution is 2.22. The Kier molecular flexibility index (Phi) is 24.8. The maximum atomic E-state index is 11.6. The van der Waals surface area contributed by atoms with Crippen molar-refractivity contribution in [2.75, 3.05) is 60.1 Å². The van der Waals surface area contributed by atoms with Crippen molar-refractivity contribution < 1.29 is 54.1 Å². The number of carbonyl (C=O) groups excluding carboxylic acids is 2. The van der Waals surface area contributed by atoms with Crippen molar-refractivity contribution in [2.45, 2.75) is 67.4 Å². The van der Waals surface area contributed by atoms with Crippen molar-refractivity contribution >= 4 is 11.9 Å². The Morgan fingerprint density at radius 1 is 0.848 bits per heavy atom. The molecule has 0 aromatic heterocycles. The molecule has 8 nitrogen and oxygen atoms in total. The molecule has 0 saturated heterocycles. The van der Waals surface area contributed by atoms with Crippen LogP contribution in [0.15, 0.2) is 0 Å². The number of halogens is 2. The standard InChI is InChI=1S/C12H25NO3.C11H23NO3.2ClH/c1-6-12(3,4)11(15)16-9-10(14)8-13(5)7-2;1-5-11(2,3)10(14)15-9-7-12(4)6-8-13;;/h10,14H,6-9H2,1-5H3;13H,5-9H2,1-4H3;2*1H/p-2. The van der Waals surface area contributed by atoms with E-state index in [9.17, 15) is 14.7 Å². The van der Waals surface area contributed by atoms with E-state index in [-0.39, 0.29) is 50.0 Å². The molecule has 0 fully saturated rings. The molecule has 1 atom stereocenters. The number of likely N-dealkylation sites (N-methyl/N-ethyl adjacent to an activating group) is 2. The predicted molar refractivity (Wildman–Crippen MR) is 124 cm³/mol. The number of ether oxygens (including phenoxy) is 2.